The molecule has 3 heterocycles. The molecule has 6 heteroatoms. The normalized spacial score (nSPS) is 28.8. The van der Waals surface area contributed by atoms with Crippen LogP contribution in [0.4, 0.5) is 0 Å². The zero-order chi connectivity index (χ0) is 13.8. The molecule has 4 nitrogen and oxygen atoms in total. The maximum absolute atomic E-state index is 10.2. The van der Waals surface area contributed by atoms with Gasteiger partial charge in [-0.05, 0) is 6.42 Å². The van der Waals surface area contributed by atoms with E-state index in [1.54, 1.807) is 0 Å². The van der Waals surface area contributed by atoms with Crippen molar-refractivity contribution in [2.24, 2.45) is 5.92 Å². The van der Waals surface area contributed by atoms with Gasteiger partial charge in [-0.2, -0.15) is 30.3 Å². The summed E-state index contributed by atoms with van der Waals surface area (Å²) >= 11 is 0. The van der Waals surface area contributed by atoms with Gasteiger partial charge in [0, 0.05) is 32.7 Å². The number of carbonyl (C=O) groups excluding carboxylic acids is 1. The van der Waals surface area contributed by atoms with Crippen molar-refractivity contribution in [2.75, 3.05) is 13.2 Å². The Morgan fingerprint density at radius 1 is 1.24 bits per heavy atom. The van der Waals surface area contributed by atoms with E-state index in [1.165, 1.54) is 0 Å². The molecule has 0 aliphatic carbocycles. The van der Waals surface area contributed by atoms with Crippen LogP contribution in [0, 0.1) is 12.0 Å². The van der Waals surface area contributed by atoms with Crippen LogP contribution < -0.4 is 5.46 Å². The molecule has 3 unspecified atom stereocenters. The standard InChI is InChI=1S/C8H8BO2.C7H7O2.Y/c1-2-4-8(5-3-1)9-10-6-7-11-9;8-4-5-3-6-1-2-7(5)9-6;/h1-4H,6-7H2;1-2,5-7H,3H2;/q2*-1;. The van der Waals surface area contributed by atoms with E-state index in [2.05, 4.69) is 6.07 Å². The first kappa shape index (κ1) is 17.0. The monoisotopic (exact) mass is 359 g/mol. The van der Waals surface area contributed by atoms with Crippen LogP contribution >= 0.6 is 0 Å². The van der Waals surface area contributed by atoms with Crippen molar-refractivity contribution in [3.63, 3.8) is 0 Å². The second kappa shape index (κ2) is 8.35. The molecule has 1 aromatic rings. The van der Waals surface area contributed by atoms with Crippen LogP contribution in [0.5, 0.6) is 0 Å². The molecule has 0 spiro atoms. The Morgan fingerprint density at radius 3 is 2.52 bits per heavy atom. The second-order valence-electron chi connectivity index (χ2n) is 4.88. The third-order valence-corrected chi connectivity index (χ3v) is 3.49. The minimum atomic E-state index is -0.184. The molecule has 0 N–H and O–H groups in total. The van der Waals surface area contributed by atoms with Crippen LogP contribution in [-0.2, 0) is 51.5 Å². The maximum Gasteiger partial charge on any atom is 0.467 e. The molecule has 1 radical (unpaired) electrons. The molecule has 2 fully saturated rings. The predicted molar refractivity (Wildman–Crippen MR) is 74.2 cm³/mol. The molecule has 0 saturated carbocycles. The topological polar surface area (TPSA) is 44.8 Å². The third-order valence-electron chi connectivity index (χ3n) is 3.49. The van der Waals surface area contributed by atoms with Gasteiger partial charge in [-0.25, -0.2) is 0 Å². The fraction of sp³-hybridized carbons (Fsp3) is 0.400. The van der Waals surface area contributed by atoms with E-state index < -0.39 is 0 Å². The Labute approximate surface area is 150 Å². The first-order valence-corrected chi connectivity index (χ1v) is 6.78. The smallest absolute Gasteiger partial charge is 0.467 e. The van der Waals surface area contributed by atoms with Crippen molar-refractivity contribution in [3.05, 3.63) is 42.5 Å². The maximum atomic E-state index is 10.2. The Kier molecular flexibility index (Phi) is 6.77. The molecule has 0 aromatic heterocycles. The largest absolute Gasteiger partial charge is 0.541 e. The van der Waals surface area contributed by atoms with Crippen molar-refractivity contribution >= 4 is 18.9 Å². The summed E-state index contributed by atoms with van der Waals surface area (Å²) in [4.78, 5) is 10.2. The predicted octanol–water partition coefficient (Wildman–Crippen LogP) is 0.666. The summed E-state index contributed by atoms with van der Waals surface area (Å²) in [6, 6.07) is 10.8. The van der Waals surface area contributed by atoms with Gasteiger partial charge in [0.25, 0.3) is 0 Å². The summed E-state index contributed by atoms with van der Waals surface area (Å²) in [5, 5.41) is 0. The van der Waals surface area contributed by atoms with E-state index in [4.69, 9.17) is 14.0 Å². The molecular formula is C15H15BO4Y-2. The first-order chi connectivity index (χ1) is 9.86. The molecule has 21 heavy (non-hydrogen) atoms. The van der Waals surface area contributed by atoms with Crippen LogP contribution in [0.3, 0.4) is 0 Å². The summed E-state index contributed by atoms with van der Waals surface area (Å²) in [5.41, 5.74) is 0.977. The number of ether oxygens (including phenoxy) is 1. The van der Waals surface area contributed by atoms with Gasteiger partial charge in [-0.15, -0.1) is 11.4 Å². The van der Waals surface area contributed by atoms with Gasteiger partial charge >= 0.3 is 7.12 Å². The van der Waals surface area contributed by atoms with Crippen LogP contribution in [0.25, 0.3) is 0 Å². The fourth-order valence-corrected chi connectivity index (χ4v) is 2.48. The van der Waals surface area contributed by atoms with Crippen LogP contribution in [-0.4, -0.2) is 38.8 Å². The Balaban J connectivity index is 0.000000149. The van der Waals surface area contributed by atoms with Gasteiger partial charge in [0.05, 0.1) is 25.4 Å². The van der Waals surface area contributed by atoms with Gasteiger partial charge < -0.3 is 18.8 Å². The average Bonchev–Trinajstić information content (AvgIpc) is 3.25. The van der Waals surface area contributed by atoms with Crippen molar-refractivity contribution in [1.82, 2.24) is 0 Å². The molecule has 3 aliphatic heterocycles. The Hall–Kier alpha value is -0.321. The molecule has 107 valence electrons. The van der Waals surface area contributed by atoms with E-state index in [1.807, 2.05) is 42.7 Å². The quantitative estimate of drug-likeness (QED) is 0.443. The molecule has 2 saturated heterocycles. The van der Waals surface area contributed by atoms with Gasteiger partial charge in [0.2, 0.25) is 0 Å². The Bertz CT molecular complexity index is 476. The van der Waals surface area contributed by atoms with Gasteiger partial charge in [-0.1, -0.05) is 12.2 Å². The third kappa shape index (κ3) is 4.33. The summed E-state index contributed by atoms with van der Waals surface area (Å²) < 4.78 is 15.9. The van der Waals surface area contributed by atoms with Crippen molar-refractivity contribution in [3.8, 4) is 0 Å². The first-order valence-electron chi connectivity index (χ1n) is 6.78. The van der Waals surface area contributed by atoms with E-state index in [-0.39, 0.29) is 58.0 Å². The summed E-state index contributed by atoms with van der Waals surface area (Å²) in [7, 11) is -0.184. The number of fused-ring (bicyclic) bond motifs is 2. The van der Waals surface area contributed by atoms with Gasteiger partial charge in [-0.3, -0.25) is 6.29 Å². The summed E-state index contributed by atoms with van der Waals surface area (Å²) in [6.45, 7) is 1.38. The second-order valence-corrected chi connectivity index (χ2v) is 4.88. The number of hydrogen-bond donors (Lipinski definition) is 0. The average molecular weight is 359 g/mol. The van der Waals surface area contributed by atoms with Gasteiger partial charge in [0.1, 0.15) is 0 Å². The summed E-state index contributed by atoms with van der Waals surface area (Å²) in [6.07, 6.45) is 7.03. The molecule has 3 aliphatic rings. The van der Waals surface area contributed by atoms with Crippen molar-refractivity contribution < 1.29 is 51.5 Å². The van der Waals surface area contributed by atoms with E-state index >= 15 is 0 Å². The van der Waals surface area contributed by atoms with Crippen LogP contribution in [0.15, 0.2) is 36.4 Å². The summed E-state index contributed by atoms with van der Waals surface area (Å²) in [5.74, 6) is 0.0139. The van der Waals surface area contributed by atoms with E-state index in [0.29, 0.717) is 13.2 Å². The fourth-order valence-electron chi connectivity index (χ4n) is 2.48. The van der Waals surface area contributed by atoms with Crippen molar-refractivity contribution in [2.45, 2.75) is 18.6 Å². The van der Waals surface area contributed by atoms with Crippen LogP contribution in [0.2, 0.25) is 0 Å². The van der Waals surface area contributed by atoms with Crippen LogP contribution in [0.1, 0.15) is 6.42 Å². The van der Waals surface area contributed by atoms with E-state index in [0.717, 1.165) is 11.9 Å². The molecule has 1 aromatic carbocycles. The minimum Gasteiger partial charge on any atom is -0.541 e. The molecular weight excluding hydrogens is 344 g/mol. The minimum absolute atomic E-state index is 0. The Morgan fingerprint density at radius 2 is 2.05 bits per heavy atom. The zero-order valence-corrected chi connectivity index (χ0v) is 14.4. The molecule has 3 atom stereocenters. The number of benzene rings is 1. The zero-order valence-electron chi connectivity index (χ0n) is 11.6. The van der Waals surface area contributed by atoms with E-state index in [9.17, 15) is 4.79 Å². The number of hydrogen-bond acceptors (Lipinski definition) is 4. The SMILES string of the molecule is O=[C-]C1CC2C=CC1O2.[Y].[c-]1ccccc1B1OCCO1. The van der Waals surface area contributed by atoms with Gasteiger partial charge in [0.15, 0.2) is 0 Å². The molecule has 4 rings (SSSR count). The molecule has 0 amide bonds. The molecule has 2 bridgehead atoms. The van der Waals surface area contributed by atoms with Crippen molar-refractivity contribution in [1.29, 1.82) is 0 Å². The number of rotatable bonds is 2.